The van der Waals surface area contributed by atoms with Crippen LogP contribution in [0.1, 0.15) is 18.7 Å². The smallest absolute Gasteiger partial charge is 0.323 e. The number of likely N-dealkylation sites (tertiary alicyclic amines) is 1. The van der Waals surface area contributed by atoms with E-state index in [2.05, 4.69) is 14.7 Å². The second-order valence-electron chi connectivity index (χ2n) is 3.27. The number of carbonyl (C=O) groups is 1. The van der Waals surface area contributed by atoms with E-state index in [9.17, 15) is 4.79 Å². The Morgan fingerprint density at radius 1 is 1.50 bits per heavy atom. The van der Waals surface area contributed by atoms with Crippen molar-refractivity contribution in [3.05, 3.63) is 5.82 Å². The molecule has 76 valence electrons. The molecule has 14 heavy (non-hydrogen) atoms. The Morgan fingerprint density at radius 2 is 2.21 bits per heavy atom. The SMILES string of the molecule is Cc1nsc(NC(=O)N2CCCC2)n1. The van der Waals surface area contributed by atoms with Crippen molar-refractivity contribution >= 4 is 22.7 Å². The van der Waals surface area contributed by atoms with E-state index in [-0.39, 0.29) is 6.03 Å². The number of amides is 2. The number of nitrogens with one attached hydrogen (secondary N) is 1. The molecule has 6 heteroatoms. The van der Waals surface area contributed by atoms with Gasteiger partial charge < -0.3 is 4.90 Å². The summed E-state index contributed by atoms with van der Waals surface area (Å²) < 4.78 is 3.99. The number of aryl methyl sites for hydroxylation is 1. The Labute approximate surface area is 86.3 Å². The predicted octanol–water partition coefficient (Wildman–Crippen LogP) is 1.47. The van der Waals surface area contributed by atoms with E-state index >= 15 is 0 Å². The minimum Gasteiger partial charge on any atom is -0.324 e. The molecule has 0 aromatic carbocycles. The topological polar surface area (TPSA) is 58.1 Å². The second-order valence-corrected chi connectivity index (χ2v) is 4.02. The number of urea groups is 1. The van der Waals surface area contributed by atoms with E-state index < -0.39 is 0 Å². The van der Waals surface area contributed by atoms with Crippen LogP contribution in [0.2, 0.25) is 0 Å². The molecule has 5 nitrogen and oxygen atoms in total. The van der Waals surface area contributed by atoms with Gasteiger partial charge in [0.25, 0.3) is 0 Å². The Balaban J connectivity index is 1.93. The number of nitrogens with zero attached hydrogens (tertiary/aromatic N) is 3. The molecule has 1 aromatic heterocycles. The van der Waals surface area contributed by atoms with Gasteiger partial charge in [0, 0.05) is 24.6 Å². The van der Waals surface area contributed by atoms with E-state index in [4.69, 9.17) is 0 Å². The van der Waals surface area contributed by atoms with Crippen LogP contribution in [0.25, 0.3) is 0 Å². The molecule has 1 aliphatic heterocycles. The average Bonchev–Trinajstić information content (AvgIpc) is 2.75. The number of anilines is 1. The molecular formula is C8H12N4OS. The van der Waals surface area contributed by atoms with E-state index in [1.54, 1.807) is 4.90 Å². The zero-order valence-corrected chi connectivity index (χ0v) is 8.80. The lowest BCUT2D eigenvalue weighted by Gasteiger charge is -2.14. The summed E-state index contributed by atoms with van der Waals surface area (Å²) >= 11 is 1.22. The quantitative estimate of drug-likeness (QED) is 0.767. The normalized spacial score (nSPS) is 15.9. The van der Waals surface area contributed by atoms with Crippen molar-refractivity contribution in [2.75, 3.05) is 18.4 Å². The lowest BCUT2D eigenvalue weighted by molar-refractivity contribution is 0.222. The van der Waals surface area contributed by atoms with Gasteiger partial charge in [-0.05, 0) is 19.8 Å². The maximum absolute atomic E-state index is 11.6. The van der Waals surface area contributed by atoms with Gasteiger partial charge in [-0.3, -0.25) is 5.32 Å². The monoisotopic (exact) mass is 212 g/mol. The van der Waals surface area contributed by atoms with Gasteiger partial charge in [-0.15, -0.1) is 0 Å². The van der Waals surface area contributed by atoms with Crippen LogP contribution in [0.15, 0.2) is 0 Å². The van der Waals surface area contributed by atoms with Crippen molar-refractivity contribution in [2.45, 2.75) is 19.8 Å². The van der Waals surface area contributed by atoms with Crippen LogP contribution >= 0.6 is 11.5 Å². The summed E-state index contributed by atoms with van der Waals surface area (Å²) in [5, 5.41) is 3.32. The van der Waals surface area contributed by atoms with Crippen molar-refractivity contribution in [1.82, 2.24) is 14.3 Å². The first-order chi connectivity index (χ1) is 6.75. The van der Waals surface area contributed by atoms with E-state index in [1.807, 2.05) is 6.92 Å². The predicted molar refractivity (Wildman–Crippen MR) is 54.5 cm³/mol. The highest BCUT2D eigenvalue weighted by atomic mass is 32.1. The maximum atomic E-state index is 11.6. The molecule has 0 unspecified atom stereocenters. The van der Waals surface area contributed by atoms with E-state index in [0.717, 1.165) is 25.9 Å². The van der Waals surface area contributed by atoms with Gasteiger partial charge >= 0.3 is 6.03 Å². The number of rotatable bonds is 1. The van der Waals surface area contributed by atoms with Crippen molar-refractivity contribution < 1.29 is 4.79 Å². The Morgan fingerprint density at radius 3 is 2.79 bits per heavy atom. The standard InChI is InChI=1S/C8H12N4OS/c1-6-9-7(14-11-6)10-8(13)12-4-2-3-5-12/h2-5H2,1H3,(H,9,10,11,13). The van der Waals surface area contributed by atoms with Crippen LogP contribution < -0.4 is 5.32 Å². The van der Waals surface area contributed by atoms with E-state index in [1.165, 1.54) is 11.5 Å². The molecule has 0 radical (unpaired) electrons. The minimum absolute atomic E-state index is 0.0568. The van der Waals surface area contributed by atoms with Gasteiger partial charge in [-0.1, -0.05) is 0 Å². The largest absolute Gasteiger partial charge is 0.324 e. The number of aromatic nitrogens is 2. The van der Waals surface area contributed by atoms with Crippen LogP contribution in [-0.4, -0.2) is 33.4 Å². The van der Waals surface area contributed by atoms with Gasteiger partial charge in [0.15, 0.2) is 0 Å². The lowest BCUT2D eigenvalue weighted by atomic mass is 10.4. The van der Waals surface area contributed by atoms with Gasteiger partial charge in [-0.2, -0.15) is 4.37 Å². The van der Waals surface area contributed by atoms with Crippen LogP contribution in [0.3, 0.4) is 0 Å². The van der Waals surface area contributed by atoms with Crippen LogP contribution in [0.4, 0.5) is 9.93 Å². The first-order valence-electron chi connectivity index (χ1n) is 4.62. The van der Waals surface area contributed by atoms with Gasteiger partial charge in [-0.25, -0.2) is 9.78 Å². The number of carbonyl (C=O) groups excluding carboxylic acids is 1. The second kappa shape index (κ2) is 3.91. The molecule has 0 spiro atoms. The zero-order valence-electron chi connectivity index (χ0n) is 7.99. The van der Waals surface area contributed by atoms with Crippen LogP contribution in [-0.2, 0) is 0 Å². The van der Waals surface area contributed by atoms with Gasteiger partial charge in [0.2, 0.25) is 5.13 Å². The highest BCUT2D eigenvalue weighted by molar-refractivity contribution is 7.09. The summed E-state index contributed by atoms with van der Waals surface area (Å²) in [5.74, 6) is 0.701. The summed E-state index contributed by atoms with van der Waals surface area (Å²) in [7, 11) is 0. The average molecular weight is 212 g/mol. The zero-order chi connectivity index (χ0) is 9.97. The summed E-state index contributed by atoms with van der Waals surface area (Å²) in [6, 6.07) is -0.0568. The Hall–Kier alpha value is -1.17. The van der Waals surface area contributed by atoms with Crippen LogP contribution in [0, 0.1) is 6.92 Å². The molecule has 2 amide bonds. The summed E-state index contributed by atoms with van der Waals surface area (Å²) in [6.45, 7) is 3.51. The Kier molecular flexibility index (Phi) is 2.62. The van der Waals surface area contributed by atoms with Crippen molar-refractivity contribution in [3.8, 4) is 0 Å². The molecule has 2 rings (SSSR count). The molecular weight excluding hydrogens is 200 g/mol. The lowest BCUT2D eigenvalue weighted by Crippen LogP contribution is -2.32. The third-order valence-corrected chi connectivity index (χ3v) is 2.86. The minimum atomic E-state index is -0.0568. The third-order valence-electron chi connectivity index (χ3n) is 2.13. The van der Waals surface area contributed by atoms with Crippen molar-refractivity contribution in [2.24, 2.45) is 0 Å². The molecule has 1 fully saturated rings. The Bertz CT molecular complexity index is 332. The third kappa shape index (κ3) is 2.01. The molecule has 1 N–H and O–H groups in total. The molecule has 0 aliphatic carbocycles. The first-order valence-corrected chi connectivity index (χ1v) is 5.39. The van der Waals surface area contributed by atoms with Gasteiger partial charge in [0.1, 0.15) is 5.82 Å². The number of hydrogen-bond acceptors (Lipinski definition) is 4. The highest BCUT2D eigenvalue weighted by Gasteiger charge is 2.18. The van der Waals surface area contributed by atoms with E-state index in [0.29, 0.717) is 11.0 Å². The van der Waals surface area contributed by atoms with Crippen molar-refractivity contribution in [1.29, 1.82) is 0 Å². The summed E-state index contributed by atoms with van der Waals surface area (Å²) in [5.41, 5.74) is 0. The maximum Gasteiger partial charge on any atom is 0.323 e. The summed E-state index contributed by atoms with van der Waals surface area (Å²) in [6.07, 6.45) is 2.20. The molecule has 1 aromatic rings. The highest BCUT2D eigenvalue weighted by Crippen LogP contribution is 2.13. The fraction of sp³-hybridized carbons (Fsp3) is 0.625. The molecule has 0 atom stereocenters. The molecule has 1 saturated heterocycles. The first kappa shape index (κ1) is 9.39. The molecule has 2 heterocycles. The summed E-state index contributed by atoms with van der Waals surface area (Å²) in [4.78, 5) is 17.5. The fourth-order valence-electron chi connectivity index (χ4n) is 1.44. The molecule has 0 bridgehead atoms. The number of hydrogen-bond donors (Lipinski definition) is 1. The molecule has 0 saturated carbocycles. The molecule has 1 aliphatic rings. The van der Waals surface area contributed by atoms with Crippen LogP contribution in [0.5, 0.6) is 0 Å². The van der Waals surface area contributed by atoms with Gasteiger partial charge in [0.05, 0.1) is 0 Å². The fourth-order valence-corrected chi connectivity index (χ4v) is 2.00. The van der Waals surface area contributed by atoms with Crippen molar-refractivity contribution in [3.63, 3.8) is 0 Å².